The van der Waals surface area contributed by atoms with Crippen LogP contribution in [0.15, 0.2) is 0 Å². The van der Waals surface area contributed by atoms with E-state index >= 15 is 0 Å². The SMILES string of the molecule is C1CCc2nnc(C3CCN(C[C@H]4CCOC4)CC3)n2CC1. The van der Waals surface area contributed by atoms with Crippen molar-refractivity contribution >= 4 is 0 Å². The van der Waals surface area contributed by atoms with Gasteiger partial charge in [0, 0.05) is 32.0 Å². The van der Waals surface area contributed by atoms with E-state index in [1.807, 2.05) is 0 Å². The van der Waals surface area contributed by atoms with E-state index in [2.05, 4.69) is 19.7 Å². The smallest absolute Gasteiger partial charge is 0.136 e. The number of aryl methyl sites for hydroxylation is 1. The van der Waals surface area contributed by atoms with Crippen molar-refractivity contribution in [3.8, 4) is 0 Å². The zero-order chi connectivity index (χ0) is 14.8. The number of piperidine rings is 1. The first-order chi connectivity index (χ1) is 10.9. The Morgan fingerprint density at radius 2 is 1.91 bits per heavy atom. The van der Waals surface area contributed by atoms with E-state index in [4.69, 9.17) is 4.74 Å². The molecule has 0 spiro atoms. The van der Waals surface area contributed by atoms with Gasteiger partial charge in [-0.3, -0.25) is 0 Å². The Bertz CT molecular complexity index is 487. The van der Waals surface area contributed by atoms with Crippen LogP contribution >= 0.6 is 0 Å². The van der Waals surface area contributed by atoms with Crippen LogP contribution in [0.1, 0.15) is 56.1 Å². The molecule has 0 bridgehead atoms. The quantitative estimate of drug-likeness (QED) is 0.859. The summed E-state index contributed by atoms with van der Waals surface area (Å²) in [6, 6.07) is 0. The van der Waals surface area contributed by atoms with Crippen LogP contribution in [0.5, 0.6) is 0 Å². The number of ether oxygens (including phenoxy) is 1. The minimum absolute atomic E-state index is 0.621. The maximum atomic E-state index is 5.50. The fraction of sp³-hybridized carbons (Fsp3) is 0.882. The lowest BCUT2D eigenvalue weighted by Gasteiger charge is -2.33. The van der Waals surface area contributed by atoms with Crippen molar-refractivity contribution in [2.24, 2.45) is 5.92 Å². The van der Waals surface area contributed by atoms with Gasteiger partial charge in [-0.05, 0) is 51.1 Å². The molecule has 3 aliphatic rings. The Morgan fingerprint density at radius 1 is 1.00 bits per heavy atom. The summed E-state index contributed by atoms with van der Waals surface area (Å²) in [5.41, 5.74) is 0. The second kappa shape index (κ2) is 6.67. The first kappa shape index (κ1) is 14.6. The van der Waals surface area contributed by atoms with Gasteiger partial charge in [0.2, 0.25) is 0 Å². The van der Waals surface area contributed by atoms with Crippen molar-refractivity contribution < 1.29 is 4.74 Å². The maximum absolute atomic E-state index is 5.50. The van der Waals surface area contributed by atoms with Crippen molar-refractivity contribution in [1.82, 2.24) is 19.7 Å². The van der Waals surface area contributed by atoms with Crippen LogP contribution in [0.4, 0.5) is 0 Å². The minimum atomic E-state index is 0.621. The fourth-order valence-corrected chi connectivity index (χ4v) is 4.28. The number of fused-ring (bicyclic) bond motifs is 1. The van der Waals surface area contributed by atoms with Crippen LogP contribution < -0.4 is 0 Å². The van der Waals surface area contributed by atoms with Crippen LogP contribution in [0.25, 0.3) is 0 Å². The molecule has 0 radical (unpaired) electrons. The molecule has 0 aromatic carbocycles. The van der Waals surface area contributed by atoms with E-state index < -0.39 is 0 Å². The summed E-state index contributed by atoms with van der Waals surface area (Å²) in [7, 11) is 0. The average Bonchev–Trinajstić information content (AvgIpc) is 3.13. The van der Waals surface area contributed by atoms with Crippen molar-refractivity contribution in [3.63, 3.8) is 0 Å². The normalized spacial score (nSPS) is 27.7. The first-order valence-electron chi connectivity index (χ1n) is 9.12. The highest BCUT2D eigenvalue weighted by molar-refractivity contribution is 5.05. The van der Waals surface area contributed by atoms with Gasteiger partial charge in [-0.2, -0.15) is 0 Å². The molecule has 5 nitrogen and oxygen atoms in total. The highest BCUT2D eigenvalue weighted by Crippen LogP contribution is 2.29. The van der Waals surface area contributed by atoms with Gasteiger partial charge >= 0.3 is 0 Å². The Morgan fingerprint density at radius 3 is 2.73 bits per heavy atom. The number of aromatic nitrogens is 3. The third kappa shape index (κ3) is 3.06. The molecule has 4 heterocycles. The van der Waals surface area contributed by atoms with Crippen LogP contribution in [0.3, 0.4) is 0 Å². The van der Waals surface area contributed by atoms with E-state index in [1.54, 1.807) is 0 Å². The standard InChI is InChI=1S/C17H28N4O/c1-2-4-16-18-19-17(21(16)8-3-1)15-5-9-20(10-6-15)12-14-7-11-22-13-14/h14-15H,1-13H2/t14-/m1/s1. The summed E-state index contributed by atoms with van der Waals surface area (Å²) in [5.74, 6) is 3.90. The molecule has 2 fully saturated rings. The minimum Gasteiger partial charge on any atom is -0.381 e. The number of hydrogen-bond acceptors (Lipinski definition) is 4. The van der Waals surface area contributed by atoms with Crippen LogP contribution in [0.2, 0.25) is 0 Å². The summed E-state index contributed by atoms with van der Waals surface area (Å²) < 4.78 is 7.95. The molecule has 0 saturated carbocycles. The van der Waals surface area contributed by atoms with Gasteiger partial charge in [-0.1, -0.05) is 6.42 Å². The molecule has 0 aliphatic carbocycles. The maximum Gasteiger partial charge on any atom is 0.136 e. The topological polar surface area (TPSA) is 43.2 Å². The van der Waals surface area contributed by atoms with Gasteiger partial charge in [-0.15, -0.1) is 10.2 Å². The van der Waals surface area contributed by atoms with Gasteiger partial charge in [0.25, 0.3) is 0 Å². The molecule has 3 aliphatic heterocycles. The summed E-state index contributed by atoms with van der Waals surface area (Å²) in [6.07, 6.45) is 8.76. The van der Waals surface area contributed by atoms with E-state index in [0.717, 1.165) is 32.1 Å². The Hall–Kier alpha value is -0.940. The van der Waals surface area contributed by atoms with E-state index in [1.165, 1.54) is 69.8 Å². The molecular formula is C17H28N4O. The molecular weight excluding hydrogens is 276 g/mol. The first-order valence-corrected chi connectivity index (χ1v) is 9.12. The lowest BCUT2D eigenvalue weighted by Crippen LogP contribution is -2.37. The number of likely N-dealkylation sites (tertiary alicyclic amines) is 1. The van der Waals surface area contributed by atoms with Gasteiger partial charge < -0.3 is 14.2 Å². The second-order valence-corrected chi connectivity index (χ2v) is 7.24. The molecule has 0 unspecified atom stereocenters. The largest absolute Gasteiger partial charge is 0.381 e. The Kier molecular flexibility index (Phi) is 4.44. The number of hydrogen-bond donors (Lipinski definition) is 0. The van der Waals surface area contributed by atoms with E-state index in [-0.39, 0.29) is 0 Å². The summed E-state index contributed by atoms with van der Waals surface area (Å²) in [5, 5.41) is 9.04. The molecule has 0 amide bonds. The Balaban J connectivity index is 1.36. The summed E-state index contributed by atoms with van der Waals surface area (Å²) in [4.78, 5) is 2.63. The highest BCUT2D eigenvalue weighted by atomic mass is 16.5. The van der Waals surface area contributed by atoms with Gasteiger partial charge in [0.15, 0.2) is 0 Å². The summed E-state index contributed by atoms with van der Waals surface area (Å²) >= 11 is 0. The highest BCUT2D eigenvalue weighted by Gasteiger charge is 2.28. The fourth-order valence-electron chi connectivity index (χ4n) is 4.28. The lowest BCUT2D eigenvalue weighted by atomic mass is 9.95. The van der Waals surface area contributed by atoms with Gasteiger partial charge in [0.1, 0.15) is 11.6 Å². The monoisotopic (exact) mass is 304 g/mol. The van der Waals surface area contributed by atoms with Gasteiger partial charge in [0.05, 0.1) is 6.61 Å². The molecule has 22 heavy (non-hydrogen) atoms. The average molecular weight is 304 g/mol. The molecule has 5 heteroatoms. The van der Waals surface area contributed by atoms with Crippen LogP contribution in [-0.2, 0) is 17.7 Å². The second-order valence-electron chi connectivity index (χ2n) is 7.24. The van der Waals surface area contributed by atoms with Crippen molar-refractivity contribution in [2.45, 2.75) is 57.4 Å². The zero-order valence-corrected chi connectivity index (χ0v) is 13.5. The van der Waals surface area contributed by atoms with E-state index in [9.17, 15) is 0 Å². The summed E-state index contributed by atoms with van der Waals surface area (Å²) in [6.45, 7) is 6.72. The molecule has 1 aromatic rings. The molecule has 1 atom stereocenters. The lowest BCUT2D eigenvalue weighted by molar-refractivity contribution is 0.150. The molecule has 0 N–H and O–H groups in total. The van der Waals surface area contributed by atoms with Crippen molar-refractivity contribution in [2.75, 3.05) is 32.8 Å². The zero-order valence-electron chi connectivity index (χ0n) is 13.5. The van der Waals surface area contributed by atoms with Gasteiger partial charge in [-0.25, -0.2) is 0 Å². The molecule has 4 rings (SSSR count). The van der Waals surface area contributed by atoms with Crippen molar-refractivity contribution in [3.05, 3.63) is 11.6 Å². The number of nitrogens with zero attached hydrogens (tertiary/aromatic N) is 4. The van der Waals surface area contributed by atoms with Crippen molar-refractivity contribution in [1.29, 1.82) is 0 Å². The third-order valence-electron chi connectivity index (χ3n) is 5.63. The predicted octanol–water partition coefficient (Wildman–Crippen LogP) is 2.22. The van der Waals surface area contributed by atoms with E-state index in [0.29, 0.717) is 5.92 Å². The van der Waals surface area contributed by atoms with Crippen LogP contribution in [-0.4, -0.2) is 52.5 Å². The number of rotatable bonds is 3. The van der Waals surface area contributed by atoms with Crippen LogP contribution in [0, 0.1) is 5.92 Å². The molecule has 2 saturated heterocycles. The predicted molar refractivity (Wildman–Crippen MR) is 84.9 cm³/mol. The third-order valence-corrected chi connectivity index (χ3v) is 5.63. The Labute approximate surface area is 133 Å². The molecule has 122 valence electrons. The molecule has 1 aromatic heterocycles.